The first-order valence-electron chi connectivity index (χ1n) is 5.10. The number of ether oxygens (including phenoxy) is 1. The van der Waals surface area contributed by atoms with Crippen LogP contribution in [0, 0.1) is 5.82 Å². The third-order valence-corrected chi connectivity index (χ3v) is 2.77. The lowest BCUT2D eigenvalue weighted by molar-refractivity contribution is 0.384. The molecule has 0 radical (unpaired) electrons. The van der Waals surface area contributed by atoms with E-state index in [2.05, 4.69) is 22.9 Å². The van der Waals surface area contributed by atoms with Gasteiger partial charge < -0.3 is 4.74 Å². The third-order valence-electron chi connectivity index (χ3n) is 2.31. The average Bonchev–Trinajstić information content (AvgIpc) is 2.20. The topological polar surface area (TPSA) is 9.23 Å². The molecule has 0 fully saturated rings. The summed E-state index contributed by atoms with van der Waals surface area (Å²) in [6.07, 6.45) is 2.80. The minimum atomic E-state index is -0.220. The summed E-state index contributed by atoms with van der Waals surface area (Å²) in [4.78, 5) is 0.492. The van der Waals surface area contributed by atoms with Gasteiger partial charge in [0.05, 0.1) is 7.11 Å². The number of methoxy groups -OCH3 is 1. The minimum absolute atomic E-state index is 0.220. The van der Waals surface area contributed by atoms with E-state index in [0.29, 0.717) is 10.6 Å². The van der Waals surface area contributed by atoms with Crippen molar-refractivity contribution in [2.75, 3.05) is 7.11 Å². The van der Waals surface area contributed by atoms with Crippen LogP contribution in [0.2, 0.25) is 0 Å². The van der Waals surface area contributed by atoms with Crippen LogP contribution in [0.3, 0.4) is 0 Å². The average molecular weight is 275 g/mol. The zero-order chi connectivity index (χ0) is 11.3. The number of rotatable bonds is 5. The molecule has 3 heteroatoms. The van der Waals surface area contributed by atoms with E-state index in [1.165, 1.54) is 7.11 Å². The Balaban J connectivity index is 2.61. The lowest BCUT2D eigenvalue weighted by atomic mass is 10.1. The van der Waals surface area contributed by atoms with Crippen molar-refractivity contribution in [1.82, 2.24) is 0 Å². The summed E-state index contributed by atoms with van der Waals surface area (Å²) in [5.41, 5.74) is 0.738. The maximum Gasteiger partial charge on any atom is 0.168 e. The van der Waals surface area contributed by atoms with Gasteiger partial charge in [-0.1, -0.05) is 35.0 Å². The van der Waals surface area contributed by atoms with Crippen LogP contribution in [0.15, 0.2) is 18.2 Å². The molecule has 0 aliphatic carbocycles. The van der Waals surface area contributed by atoms with Gasteiger partial charge in [-0.15, -0.1) is 0 Å². The predicted octanol–water partition coefficient (Wildman–Crippen LogP) is 3.94. The predicted molar refractivity (Wildman–Crippen MR) is 64.3 cm³/mol. The molecule has 1 unspecified atom stereocenters. The summed E-state index contributed by atoms with van der Waals surface area (Å²) < 4.78 is 18.6. The second-order valence-corrected chi connectivity index (χ2v) is 5.17. The highest BCUT2D eigenvalue weighted by Gasteiger charge is 2.07. The fourth-order valence-corrected chi connectivity index (χ4v) is 1.80. The Bertz CT molecular complexity index is 312. The summed E-state index contributed by atoms with van der Waals surface area (Å²) in [6, 6.07) is 5.29. The molecule has 1 aromatic rings. The van der Waals surface area contributed by atoms with Crippen molar-refractivity contribution < 1.29 is 9.13 Å². The molecule has 0 saturated heterocycles. The molecule has 84 valence electrons. The number of hydrogen-bond donors (Lipinski definition) is 0. The second-order valence-electron chi connectivity index (χ2n) is 3.61. The Morgan fingerprint density at radius 2 is 2.20 bits per heavy atom. The number of hydrogen-bond acceptors (Lipinski definition) is 1. The molecule has 0 bridgehead atoms. The van der Waals surface area contributed by atoms with Crippen molar-refractivity contribution in [2.24, 2.45) is 0 Å². The van der Waals surface area contributed by atoms with E-state index in [-0.39, 0.29) is 5.82 Å². The molecule has 15 heavy (non-hydrogen) atoms. The normalized spacial score (nSPS) is 12.5. The maximum absolute atomic E-state index is 13.7. The first kappa shape index (κ1) is 12.5. The number of benzene rings is 1. The first-order valence-corrected chi connectivity index (χ1v) is 6.02. The number of aryl methyl sites for hydroxylation is 1. The molecule has 0 saturated carbocycles. The van der Waals surface area contributed by atoms with Gasteiger partial charge in [0, 0.05) is 4.83 Å². The lowest BCUT2D eigenvalue weighted by Crippen LogP contribution is -1.97. The zero-order valence-corrected chi connectivity index (χ0v) is 10.7. The van der Waals surface area contributed by atoms with Gasteiger partial charge in [-0.3, -0.25) is 0 Å². The number of halogens is 2. The molecule has 0 N–H and O–H groups in total. The van der Waals surface area contributed by atoms with Gasteiger partial charge in [-0.25, -0.2) is 4.39 Å². The smallest absolute Gasteiger partial charge is 0.168 e. The van der Waals surface area contributed by atoms with Crippen molar-refractivity contribution in [3.63, 3.8) is 0 Å². The van der Waals surface area contributed by atoms with Crippen LogP contribution < -0.4 is 4.74 Å². The molecule has 0 aromatic heterocycles. The summed E-state index contributed by atoms with van der Waals surface area (Å²) >= 11 is 3.48. The highest BCUT2D eigenvalue weighted by molar-refractivity contribution is 9.09. The summed E-state index contributed by atoms with van der Waals surface area (Å²) in [6.45, 7) is 2.10. The van der Waals surface area contributed by atoms with Gasteiger partial charge in [0.1, 0.15) is 0 Å². The molecule has 0 spiro atoms. The molecule has 1 atom stereocenters. The Kier molecular flexibility index (Phi) is 5.09. The Labute approximate surface area is 98.8 Å². The molecule has 1 nitrogen and oxygen atoms in total. The van der Waals surface area contributed by atoms with E-state index in [4.69, 9.17) is 4.74 Å². The molecular formula is C12H16BrFO. The quantitative estimate of drug-likeness (QED) is 0.739. The van der Waals surface area contributed by atoms with Crippen LogP contribution in [-0.4, -0.2) is 11.9 Å². The SMILES string of the molecule is COc1cccc(CCCC(C)Br)c1F. The van der Waals surface area contributed by atoms with Gasteiger partial charge in [-0.05, 0) is 30.9 Å². The highest BCUT2D eigenvalue weighted by atomic mass is 79.9. The van der Waals surface area contributed by atoms with Crippen molar-refractivity contribution in [3.8, 4) is 5.75 Å². The number of alkyl halides is 1. The Hall–Kier alpha value is -0.570. The molecule has 1 aromatic carbocycles. The van der Waals surface area contributed by atoms with Crippen LogP contribution in [0.1, 0.15) is 25.3 Å². The molecular weight excluding hydrogens is 259 g/mol. The monoisotopic (exact) mass is 274 g/mol. The fraction of sp³-hybridized carbons (Fsp3) is 0.500. The molecule has 0 aliphatic rings. The summed E-state index contributed by atoms with van der Waals surface area (Å²) in [5, 5.41) is 0. The second kappa shape index (κ2) is 6.11. The zero-order valence-electron chi connectivity index (χ0n) is 9.09. The third kappa shape index (κ3) is 3.82. The summed E-state index contributed by atoms with van der Waals surface area (Å²) in [5.74, 6) is 0.113. The standard InChI is InChI=1S/C12H16BrFO/c1-9(13)5-3-6-10-7-4-8-11(15-2)12(10)14/h4,7-9H,3,5-6H2,1-2H3. The fourth-order valence-electron chi connectivity index (χ4n) is 1.48. The van der Waals surface area contributed by atoms with Gasteiger partial charge in [0.25, 0.3) is 0 Å². The van der Waals surface area contributed by atoms with Crippen LogP contribution in [-0.2, 0) is 6.42 Å². The van der Waals surface area contributed by atoms with Gasteiger partial charge in [0.2, 0.25) is 0 Å². The Morgan fingerprint density at radius 1 is 1.47 bits per heavy atom. The van der Waals surface area contributed by atoms with Gasteiger partial charge >= 0.3 is 0 Å². The van der Waals surface area contributed by atoms with Crippen LogP contribution in [0.25, 0.3) is 0 Å². The summed E-state index contributed by atoms with van der Waals surface area (Å²) in [7, 11) is 1.49. The van der Waals surface area contributed by atoms with Crippen molar-refractivity contribution >= 4 is 15.9 Å². The molecule has 0 heterocycles. The largest absolute Gasteiger partial charge is 0.494 e. The maximum atomic E-state index is 13.7. The van der Waals surface area contributed by atoms with Gasteiger partial charge in [-0.2, -0.15) is 0 Å². The minimum Gasteiger partial charge on any atom is -0.494 e. The van der Waals surface area contributed by atoms with Crippen LogP contribution in [0.5, 0.6) is 5.75 Å². The Morgan fingerprint density at radius 3 is 2.80 bits per heavy atom. The van der Waals surface area contributed by atoms with Crippen molar-refractivity contribution in [3.05, 3.63) is 29.6 Å². The van der Waals surface area contributed by atoms with Gasteiger partial charge in [0.15, 0.2) is 11.6 Å². The highest BCUT2D eigenvalue weighted by Crippen LogP contribution is 2.21. The first-order chi connectivity index (χ1) is 7.15. The van der Waals surface area contributed by atoms with E-state index in [9.17, 15) is 4.39 Å². The molecule has 0 aliphatic heterocycles. The van der Waals surface area contributed by atoms with Crippen LogP contribution >= 0.6 is 15.9 Å². The van der Waals surface area contributed by atoms with E-state index in [1.54, 1.807) is 6.07 Å². The van der Waals surface area contributed by atoms with E-state index >= 15 is 0 Å². The van der Waals surface area contributed by atoms with Crippen molar-refractivity contribution in [1.29, 1.82) is 0 Å². The van der Waals surface area contributed by atoms with E-state index < -0.39 is 0 Å². The van der Waals surface area contributed by atoms with Crippen LogP contribution in [0.4, 0.5) is 4.39 Å². The van der Waals surface area contributed by atoms with E-state index in [0.717, 1.165) is 24.8 Å². The van der Waals surface area contributed by atoms with E-state index in [1.807, 2.05) is 12.1 Å². The van der Waals surface area contributed by atoms with Crippen molar-refractivity contribution in [2.45, 2.75) is 31.0 Å². The molecule has 0 amide bonds. The molecule has 1 rings (SSSR count). The lowest BCUT2D eigenvalue weighted by Gasteiger charge is -2.07.